The fourth-order valence-electron chi connectivity index (χ4n) is 1.75. The Hall–Kier alpha value is 0.566. The number of hydrogen-bond donors (Lipinski definition) is 0. The molecule has 0 aromatic heterocycles. The summed E-state index contributed by atoms with van der Waals surface area (Å²) in [6, 6.07) is 0. The molecule has 2 heteroatoms. The molecular weight excluding hydrogens is 345 g/mol. The second-order valence-corrected chi connectivity index (χ2v) is 8.39. The Bertz CT molecular complexity index is 139. The Balaban J connectivity index is 2.20. The van der Waals surface area contributed by atoms with Gasteiger partial charge in [-0.25, -0.2) is 0 Å². The van der Waals surface area contributed by atoms with E-state index in [9.17, 15) is 4.79 Å². The van der Waals surface area contributed by atoms with Crippen molar-refractivity contribution in [3.63, 3.8) is 0 Å². The van der Waals surface area contributed by atoms with E-state index in [1.54, 1.807) is 0 Å². The first-order chi connectivity index (χ1) is 5.84. The van der Waals surface area contributed by atoms with Gasteiger partial charge in [0.2, 0.25) is 0 Å². The summed E-state index contributed by atoms with van der Waals surface area (Å²) < 4.78 is 2.32. The van der Waals surface area contributed by atoms with Crippen LogP contribution in [0.25, 0.3) is 0 Å². The third kappa shape index (κ3) is 3.52. The summed E-state index contributed by atoms with van der Waals surface area (Å²) in [6.07, 6.45) is 6.35. The van der Waals surface area contributed by atoms with E-state index in [2.05, 4.69) is 6.92 Å². The fraction of sp³-hybridized carbons (Fsp3) is 0.900. The zero-order valence-electron chi connectivity index (χ0n) is 7.84. The van der Waals surface area contributed by atoms with Crippen LogP contribution in [0.4, 0.5) is 0 Å². The van der Waals surface area contributed by atoms with E-state index >= 15 is 0 Å². The van der Waals surface area contributed by atoms with Gasteiger partial charge in [0.15, 0.2) is 0 Å². The Kier molecular flexibility index (Phi) is 5.40. The molecule has 0 radical (unpaired) electrons. The maximum atomic E-state index is 11.6. The molecule has 1 aliphatic carbocycles. The van der Waals surface area contributed by atoms with Crippen LogP contribution in [0.2, 0.25) is 8.16 Å². The van der Waals surface area contributed by atoms with Gasteiger partial charge in [-0.15, -0.1) is 0 Å². The first-order valence-electron chi connectivity index (χ1n) is 4.95. The normalized spacial score (nSPS) is 19.4. The van der Waals surface area contributed by atoms with Crippen LogP contribution in [0.15, 0.2) is 0 Å². The van der Waals surface area contributed by atoms with Crippen molar-refractivity contribution in [2.75, 3.05) is 0 Å². The van der Waals surface area contributed by atoms with Crippen LogP contribution in [-0.4, -0.2) is 29.3 Å². The first-order valence-corrected chi connectivity index (χ1v) is 9.44. The Morgan fingerprint density at radius 2 is 2.00 bits per heavy atom. The fourth-order valence-corrected chi connectivity index (χ4v) is 4.24. The number of carbonyl (C=O) groups is 1. The summed E-state index contributed by atoms with van der Waals surface area (Å²) in [7, 11) is 0. The minimum atomic E-state index is -0.243. The van der Waals surface area contributed by atoms with Crippen molar-refractivity contribution < 1.29 is 4.79 Å². The molecule has 0 amide bonds. The van der Waals surface area contributed by atoms with Crippen molar-refractivity contribution in [2.24, 2.45) is 5.92 Å². The molecule has 70 valence electrons. The molecule has 0 unspecified atom stereocenters. The van der Waals surface area contributed by atoms with Gasteiger partial charge in [0.25, 0.3) is 0 Å². The molecule has 1 aliphatic rings. The summed E-state index contributed by atoms with van der Waals surface area (Å²) in [5, 5.41) is 0. The van der Waals surface area contributed by atoms with Crippen LogP contribution >= 0.6 is 0 Å². The van der Waals surface area contributed by atoms with Gasteiger partial charge in [0.05, 0.1) is 0 Å². The molecule has 0 spiro atoms. The molecule has 1 fully saturated rings. The molecule has 0 bridgehead atoms. The van der Waals surface area contributed by atoms with Gasteiger partial charge in [-0.3, -0.25) is 0 Å². The van der Waals surface area contributed by atoms with Crippen molar-refractivity contribution in [2.45, 2.75) is 47.2 Å². The number of Topliss-reactive ketones (excluding diaryl/α,β-unsaturated/α-hetero) is 1. The number of hydrogen-bond acceptors (Lipinski definition) is 1. The molecule has 1 nitrogen and oxygen atoms in total. The van der Waals surface area contributed by atoms with E-state index in [0.29, 0.717) is 11.7 Å². The van der Waals surface area contributed by atoms with Gasteiger partial charge in [-0.1, -0.05) is 0 Å². The van der Waals surface area contributed by atoms with Crippen LogP contribution in [0.1, 0.15) is 39.0 Å². The van der Waals surface area contributed by atoms with Gasteiger partial charge >= 0.3 is 87.2 Å². The molecule has 0 aromatic rings. The van der Waals surface area contributed by atoms with Crippen molar-refractivity contribution >= 4 is 29.3 Å². The standard InChI is InChI=1S/C8H13O.C2H5.Po/c1-7(9)8-5-3-2-4-6-8;1-2;/h8H,1-6H2;1H2,2H3;. The summed E-state index contributed by atoms with van der Waals surface area (Å²) in [5.41, 5.74) is 0. The summed E-state index contributed by atoms with van der Waals surface area (Å²) in [5.74, 6) is 1.09. The second-order valence-electron chi connectivity index (χ2n) is 3.44. The third-order valence-corrected chi connectivity index (χ3v) is 6.00. The van der Waals surface area contributed by atoms with Gasteiger partial charge in [-0.05, 0) is 0 Å². The number of ketones is 1. The van der Waals surface area contributed by atoms with Gasteiger partial charge in [0, 0.05) is 0 Å². The molecule has 0 heterocycles. The molecule has 1 saturated carbocycles. The maximum absolute atomic E-state index is 11.6. The predicted octanol–water partition coefficient (Wildman–Crippen LogP) is 2.70. The van der Waals surface area contributed by atoms with Crippen LogP contribution in [0.3, 0.4) is 0 Å². The minimum absolute atomic E-state index is 0.243. The molecule has 0 saturated heterocycles. The molecule has 0 aromatic carbocycles. The number of rotatable bonds is 4. The van der Waals surface area contributed by atoms with E-state index in [4.69, 9.17) is 0 Å². The molecule has 0 aliphatic heterocycles. The van der Waals surface area contributed by atoms with Gasteiger partial charge in [-0.2, -0.15) is 0 Å². The Morgan fingerprint density at radius 3 is 2.58 bits per heavy atom. The van der Waals surface area contributed by atoms with E-state index in [1.807, 2.05) is 0 Å². The van der Waals surface area contributed by atoms with Crippen molar-refractivity contribution in [3.8, 4) is 0 Å². The van der Waals surface area contributed by atoms with E-state index in [0.717, 1.165) is 4.08 Å². The van der Waals surface area contributed by atoms with Gasteiger partial charge in [0.1, 0.15) is 0 Å². The molecular formula is C10H18OPo. The first kappa shape index (κ1) is 10.6. The van der Waals surface area contributed by atoms with Gasteiger partial charge < -0.3 is 0 Å². The molecule has 12 heavy (non-hydrogen) atoms. The molecule has 1 rings (SSSR count). The predicted molar refractivity (Wildman–Crippen MR) is 52.6 cm³/mol. The summed E-state index contributed by atoms with van der Waals surface area (Å²) in [4.78, 5) is 11.6. The van der Waals surface area contributed by atoms with E-state index in [1.165, 1.54) is 36.2 Å². The monoisotopic (exact) mass is 363 g/mol. The van der Waals surface area contributed by atoms with Crippen LogP contribution < -0.4 is 0 Å². The molecule has 0 atom stereocenters. The summed E-state index contributed by atoms with van der Waals surface area (Å²) in [6.45, 7) is 2.22. The van der Waals surface area contributed by atoms with Crippen molar-refractivity contribution in [1.29, 1.82) is 0 Å². The summed E-state index contributed by atoms with van der Waals surface area (Å²) >= 11 is -0.243. The SMILES string of the molecule is C[CH2][Po][CH2]C(=O)C1CCCCC1. The molecule has 0 N–H and O–H groups in total. The third-order valence-electron chi connectivity index (χ3n) is 2.51. The zero-order valence-corrected chi connectivity index (χ0v) is 11.0. The average molecular weight is 363 g/mol. The topological polar surface area (TPSA) is 17.1 Å². The number of carbonyl (C=O) groups excluding carboxylic acids is 1. The zero-order chi connectivity index (χ0) is 8.81. The van der Waals surface area contributed by atoms with Crippen molar-refractivity contribution in [3.05, 3.63) is 0 Å². The van der Waals surface area contributed by atoms with Crippen LogP contribution in [0.5, 0.6) is 0 Å². The van der Waals surface area contributed by atoms with Crippen molar-refractivity contribution in [1.82, 2.24) is 0 Å². The van der Waals surface area contributed by atoms with Crippen LogP contribution in [-0.2, 0) is 4.79 Å². The Morgan fingerprint density at radius 1 is 1.33 bits per heavy atom. The second kappa shape index (κ2) is 6.09. The quantitative estimate of drug-likeness (QED) is 0.751. The Labute approximate surface area is 87.1 Å². The van der Waals surface area contributed by atoms with Crippen LogP contribution in [0, 0.1) is 5.92 Å². The van der Waals surface area contributed by atoms with E-state index < -0.39 is 0 Å². The van der Waals surface area contributed by atoms with E-state index in [-0.39, 0.29) is 23.6 Å². The average Bonchev–Trinajstić information content (AvgIpc) is 2.15.